The van der Waals surface area contributed by atoms with Crippen molar-refractivity contribution in [2.75, 3.05) is 0 Å². The van der Waals surface area contributed by atoms with Crippen LogP contribution < -0.4 is 5.46 Å². The maximum absolute atomic E-state index is 5.38. The third-order valence-corrected chi connectivity index (χ3v) is 3.36. The molecule has 2 nitrogen and oxygen atoms in total. The van der Waals surface area contributed by atoms with Crippen molar-refractivity contribution in [1.82, 2.24) is 5.16 Å². The summed E-state index contributed by atoms with van der Waals surface area (Å²) in [6.45, 7) is 7.67. The Labute approximate surface area is 120 Å². The molecule has 2 aromatic rings. The second-order valence-corrected chi connectivity index (χ2v) is 4.64. The lowest BCUT2D eigenvalue weighted by Crippen LogP contribution is -2.05. The van der Waals surface area contributed by atoms with E-state index in [1.807, 2.05) is 33.8 Å². The lowest BCUT2D eigenvalue weighted by molar-refractivity contribution is 0.427. The summed E-state index contributed by atoms with van der Waals surface area (Å²) >= 11 is 0. The molecule has 0 radical (unpaired) electrons. The van der Waals surface area contributed by atoms with Gasteiger partial charge in [0.15, 0.2) is 5.76 Å². The molecular formula is C17H18BNO. The fraction of sp³-hybridized carbons (Fsp3) is 0.118. The molecule has 0 N–H and O–H groups in total. The largest absolute Gasteiger partial charge is 0.357 e. The molecule has 0 spiro atoms. The number of hydrogen-bond donors (Lipinski definition) is 0. The van der Waals surface area contributed by atoms with Gasteiger partial charge in [0.25, 0.3) is 0 Å². The molecule has 0 aliphatic carbocycles. The molecule has 0 amide bonds. The van der Waals surface area contributed by atoms with Crippen LogP contribution in [0.2, 0.25) is 0 Å². The van der Waals surface area contributed by atoms with Crippen LogP contribution in [0.3, 0.4) is 0 Å². The van der Waals surface area contributed by atoms with Crippen molar-refractivity contribution in [3.63, 3.8) is 0 Å². The topological polar surface area (TPSA) is 26.0 Å². The van der Waals surface area contributed by atoms with E-state index >= 15 is 0 Å². The van der Waals surface area contributed by atoms with Crippen molar-refractivity contribution >= 4 is 18.9 Å². The van der Waals surface area contributed by atoms with E-state index in [4.69, 9.17) is 4.52 Å². The summed E-state index contributed by atoms with van der Waals surface area (Å²) in [4.78, 5) is 0. The fourth-order valence-electron chi connectivity index (χ4n) is 2.03. The molecule has 2 rings (SSSR count). The lowest BCUT2D eigenvalue weighted by Gasteiger charge is -2.04. The third kappa shape index (κ3) is 2.82. The van der Waals surface area contributed by atoms with Gasteiger partial charge in [-0.2, -0.15) is 0 Å². The van der Waals surface area contributed by atoms with Crippen LogP contribution in [0, 0.1) is 6.92 Å². The molecule has 3 heteroatoms. The molecule has 1 heterocycles. The molecule has 0 unspecified atom stereocenters. The molecule has 0 aliphatic heterocycles. The van der Waals surface area contributed by atoms with Crippen LogP contribution in [0.4, 0.5) is 0 Å². The summed E-state index contributed by atoms with van der Waals surface area (Å²) < 4.78 is 5.38. The molecule has 0 atom stereocenters. The summed E-state index contributed by atoms with van der Waals surface area (Å²) in [6.07, 6.45) is 7.84. The smallest absolute Gasteiger partial charge is 0.160 e. The van der Waals surface area contributed by atoms with Crippen LogP contribution in [0.5, 0.6) is 0 Å². The molecule has 20 heavy (non-hydrogen) atoms. The minimum absolute atomic E-state index is 0.845. The Hall–Kier alpha value is -2.29. The zero-order valence-corrected chi connectivity index (χ0v) is 12.2. The second-order valence-electron chi connectivity index (χ2n) is 4.64. The van der Waals surface area contributed by atoms with E-state index in [0.29, 0.717) is 0 Å². The molecule has 0 aliphatic rings. The van der Waals surface area contributed by atoms with Gasteiger partial charge in [0, 0.05) is 5.56 Å². The Kier molecular flexibility index (Phi) is 4.41. The highest BCUT2D eigenvalue weighted by atomic mass is 16.5. The van der Waals surface area contributed by atoms with Crippen molar-refractivity contribution in [2.45, 2.75) is 13.8 Å². The number of allylic oxidation sites excluding steroid dienone is 5. The van der Waals surface area contributed by atoms with Crippen molar-refractivity contribution in [1.29, 1.82) is 0 Å². The molecule has 100 valence electrons. The maximum atomic E-state index is 5.38. The van der Waals surface area contributed by atoms with Gasteiger partial charge in [-0.1, -0.05) is 60.3 Å². The first-order valence-corrected chi connectivity index (χ1v) is 6.66. The number of hydrogen-bond acceptors (Lipinski definition) is 2. The SMILES string of the molecule is Bc1c(C)noc1-c1ccc(C(/C=C\C=C)=C/C)cc1. The number of nitrogens with zero attached hydrogens (tertiary/aromatic N) is 1. The van der Waals surface area contributed by atoms with Gasteiger partial charge in [-0.15, -0.1) is 0 Å². The third-order valence-electron chi connectivity index (χ3n) is 3.36. The van der Waals surface area contributed by atoms with Crippen LogP contribution in [-0.2, 0) is 0 Å². The van der Waals surface area contributed by atoms with Crippen molar-refractivity contribution < 1.29 is 4.52 Å². The first-order valence-electron chi connectivity index (χ1n) is 6.66. The summed E-state index contributed by atoms with van der Waals surface area (Å²) in [5.74, 6) is 0.845. The fourth-order valence-corrected chi connectivity index (χ4v) is 2.03. The molecule has 0 fully saturated rings. The minimum atomic E-state index is 0.845. The van der Waals surface area contributed by atoms with Crippen molar-refractivity contribution in [3.05, 3.63) is 66.4 Å². The number of aromatic nitrogens is 1. The average molecular weight is 263 g/mol. The number of benzene rings is 1. The zero-order chi connectivity index (χ0) is 14.5. The van der Waals surface area contributed by atoms with Gasteiger partial charge < -0.3 is 4.52 Å². The normalized spacial score (nSPS) is 12.0. The van der Waals surface area contributed by atoms with Gasteiger partial charge in [0.1, 0.15) is 7.85 Å². The van der Waals surface area contributed by atoms with E-state index < -0.39 is 0 Å². The van der Waals surface area contributed by atoms with Gasteiger partial charge in [-0.25, -0.2) is 0 Å². The highest BCUT2D eigenvalue weighted by molar-refractivity contribution is 6.36. The summed E-state index contributed by atoms with van der Waals surface area (Å²) in [6, 6.07) is 8.31. The van der Waals surface area contributed by atoms with Crippen molar-refractivity contribution in [2.24, 2.45) is 0 Å². The van der Waals surface area contributed by atoms with E-state index in [9.17, 15) is 0 Å². The van der Waals surface area contributed by atoms with Gasteiger partial charge in [0.2, 0.25) is 0 Å². The Morgan fingerprint density at radius 1 is 1.30 bits per heavy atom. The van der Waals surface area contributed by atoms with Gasteiger partial charge in [-0.3, -0.25) is 0 Å². The predicted octanol–water partition coefficient (Wildman–Crippen LogP) is 3.05. The highest BCUT2D eigenvalue weighted by Gasteiger charge is 2.10. The summed E-state index contributed by atoms with van der Waals surface area (Å²) in [5.41, 5.74) is 5.42. The molecule has 1 aromatic carbocycles. The van der Waals surface area contributed by atoms with Gasteiger partial charge in [0.05, 0.1) is 5.69 Å². The molecule has 0 saturated heterocycles. The Morgan fingerprint density at radius 3 is 2.50 bits per heavy atom. The highest BCUT2D eigenvalue weighted by Crippen LogP contribution is 2.22. The second kappa shape index (κ2) is 6.24. The Balaban J connectivity index is 2.33. The lowest BCUT2D eigenvalue weighted by atomic mass is 9.90. The molecular weight excluding hydrogens is 245 g/mol. The van der Waals surface area contributed by atoms with Crippen LogP contribution in [0.15, 0.2) is 59.7 Å². The first-order chi connectivity index (χ1) is 9.67. The standard InChI is InChI=1S/C17H18BNO/c1-4-6-7-13(5-2)14-8-10-15(11-9-14)17-16(18)12(3)19-20-17/h4-11H,1,18H2,2-3H3/b7-6-,13-5+. The van der Waals surface area contributed by atoms with Crippen LogP contribution in [0.25, 0.3) is 16.9 Å². The quantitative estimate of drug-likeness (QED) is 0.626. The van der Waals surface area contributed by atoms with Gasteiger partial charge in [-0.05, 0) is 30.4 Å². The van der Waals surface area contributed by atoms with E-state index in [2.05, 4.69) is 42.1 Å². The Morgan fingerprint density at radius 2 is 2.00 bits per heavy atom. The van der Waals surface area contributed by atoms with Crippen molar-refractivity contribution in [3.8, 4) is 11.3 Å². The van der Waals surface area contributed by atoms with Crippen LogP contribution in [0.1, 0.15) is 18.2 Å². The first kappa shape index (κ1) is 14.1. The van der Waals surface area contributed by atoms with Gasteiger partial charge >= 0.3 is 0 Å². The summed E-state index contributed by atoms with van der Waals surface area (Å²) in [5, 5.41) is 4.00. The molecule has 0 bridgehead atoms. The summed E-state index contributed by atoms with van der Waals surface area (Å²) in [7, 11) is 2.03. The van der Waals surface area contributed by atoms with E-state index in [1.54, 1.807) is 6.08 Å². The van der Waals surface area contributed by atoms with E-state index in [-0.39, 0.29) is 0 Å². The van der Waals surface area contributed by atoms with E-state index in [0.717, 1.165) is 22.5 Å². The molecule has 1 aromatic heterocycles. The monoisotopic (exact) mass is 263 g/mol. The zero-order valence-electron chi connectivity index (χ0n) is 12.2. The van der Waals surface area contributed by atoms with Crippen LogP contribution >= 0.6 is 0 Å². The average Bonchev–Trinajstić information content (AvgIpc) is 2.81. The predicted molar refractivity (Wildman–Crippen MR) is 87.8 cm³/mol. The maximum Gasteiger partial charge on any atom is 0.160 e. The van der Waals surface area contributed by atoms with E-state index in [1.165, 1.54) is 11.1 Å². The number of rotatable bonds is 4. The Bertz CT molecular complexity index is 663. The molecule has 0 saturated carbocycles. The van der Waals surface area contributed by atoms with Crippen LogP contribution in [-0.4, -0.2) is 13.0 Å². The number of aryl methyl sites for hydroxylation is 1. The minimum Gasteiger partial charge on any atom is -0.357 e.